The number of nitrogens with one attached hydrogen (secondary N) is 1. The number of benzene rings is 1. The van der Waals surface area contributed by atoms with Crippen molar-refractivity contribution < 1.29 is 19.9 Å². The summed E-state index contributed by atoms with van der Waals surface area (Å²) in [5, 5.41) is 43.1. The number of phenolic OH excluding ortho intramolecular Hbond substituents is 1. The number of nitro groups is 3. The monoisotopic (exact) mass is 337 g/mol. The average molecular weight is 337 g/mol. The van der Waals surface area contributed by atoms with Gasteiger partial charge in [-0.2, -0.15) is 0 Å². The Morgan fingerprint density at radius 2 is 1.54 bits per heavy atom. The normalized spacial score (nSPS) is 9.38. The fraction of sp³-hybridized carbons (Fsp3) is 0.0833. The molecule has 1 heterocycles. The van der Waals surface area contributed by atoms with E-state index in [1.54, 1.807) is 6.20 Å². The molecule has 0 saturated carbocycles. The highest BCUT2D eigenvalue weighted by Gasteiger charge is 2.30. The van der Waals surface area contributed by atoms with Crippen LogP contribution in [0.5, 0.6) is 5.75 Å². The van der Waals surface area contributed by atoms with E-state index >= 15 is 0 Å². The van der Waals surface area contributed by atoms with Gasteiger partial charge in [0.25, 0.3) is 11.4 Å². The molecule has 0 unspecified atom stereocenters. The highest BCUT2D eigenvalue weighted by molar-refractivity contribution is 5.64. The Morgan fingerprint density at radius 1 is 1.00 bits per heavy atom. The SMILES string of the molecule is CNc1ccccn1.O=[N+]([O-])c1cc([N+](=O)[O-])c(O)c([N+](=O)[O-])c1. The minimum absolute atomic E-state index is 0.447. The van der Waals surface area contributed by atoms with Crippen molar-refractivity contribution in [2.24, 2.45) is 0 Å². The van der Waals surface area contributed by atoms with Gasteiger partial charge in [-0.05, 0) is 12.1 Å². The predicted molar refractivity (Wildman–Crippen MR) is 81.9 cm³/mol. The Labute approximate surface area is 133 Å². The molecule has 0 bridgehead atoms. The van der Waals surface area contributed by atoms with E-state index in [0.29, 0.717) is 12.1 Å². The van der Waals surface area contributed by atoms with Crippen LogP contribution in [0.15, 0.2) is 36.5 Å². The van der Waals surface area contributed by atoms with Crippen LogP contribution in [0, 0.1) is 30.3 Å². The molecule has 0 amide bonds. The molecule has 2 aromatic rings. The van der Waals surface area contributed by atoms with E-state index in [9.17, 15) is 30.3 Å². The number of pyridine rings is 1. The maximum atomic E-state index is 10.4. The highest BCUT2D eigenvalue weighted by Crippen LogP contribution is 2.38. The lowest BCUT2D eigenvalue weighted by molar-refractivity contribution is -0.404. The Bertz CT molecular complexity index is 731. The zero-order valence-electron chi connectivity index (χ0n) is 12.1. The zero-order chi connectivity index (χ0) is 18.3. The summed E-state index contributed by atoms with van der Waals surface area (Å²) >= 11 is 0. The number of hydrogen-bond acceptors (Lipinski definition) is 9. The van der Waals surface area contributed by atoms with Crippen molar-refractivity contribution in [1.82, 2.24) is 4.98 Å². The summed E-state index contributed by atoms with van der Waals surface area (Å²) in [4.78, 5) is 31.8. The molecule has 12 heteroatoms. The quantitative estimate of drug-likeness (QED) is 0.625. The molecule has 12 nitrogen and oxygen atoms in total. The highest BCUT2D eigenvalue weighted by atomic mass is 16.6. The van der Waals surface area contributed by atoms with Gasteiger partial charge < -0.3 is 10.4 Å². The van der Waals surface area contributed by atoms with Crippen molar-refractivity contribution in [1.29, 1.82) is 0 Å². The average Bonchev–Trinajstić information content (AvgIpc) is 2.55. The third-order valence-corrected chi connectivity index (χ3v) is 2.58. The van der Waals surface area contributed by atoms with Crippen LogP contribution >= 0.6 is 0 Å². The van der Waals surface area contributed by atoms with Crippen molar-refractivity contribution in [2.75, 3.05) is 12.4 Å². The Morgan fingerprint density at radius 3 is 1.83 bits per heavy atom. The van der Waals surface area contributed by atoms with Gasteiger partial charge in [-0.1, -0.05) is 6.07 Å². The number of aromatic nitrogens is 1. The van der Waals surface area contributed by atoms with Crippen LogP contribution < -0.4 is 5.32 Å². The molecule has 2 rings (SSSR count). The number of non-ortho nitro benzene ring substituents is 1. The molecular formula is C12H11N5O7. The van der Waals surface area contributed by atoms with Gasteiger partial charge in [0.05, 0.1) is 26.9 Å². The maximum Gasteiger partial charge on any atom is 0.324 e. The summed E-state index contributed by atoms with van der Waals surface area (Å²) in [6, 6.07) is 6.64. The Balaban J connectivity index is 0.000000300. The second-order valence-electron chi connectivity index (χ2n) is 4.07. The number of rotatable bonds is 4. The van der Waals surface area contributed by atoms with Crippen LogP contribution in [-0.4, -0.2) is 31.9 Å². The Kier molecular flexibility index (Phi) is 6.05. The van der Waals surface area contributed by atoms with Gasteiger partial charge in [-0.3, -0.25) is 30.3 Å². The first kappa shape index (κ1) is 18.2. The van der Waals surface area contributed by atoms with Crippen LogP contribution in [0.1, 0.15) is 0 Å². The van der Waals surface area contributed by atoms with Crippen LogP contribution in [-0.2, 0) is 0 Å². The van der Waals surface area contributed by atoms with Gasteiger partial charge in [0, 0.05) is 13.2 Å². The van der Waals surface area contributed by atoms with Gasteiger partial charge in [0.1, 0.15) is 5.82 Å². The molecule has 24 heavy (non-hydrogen) atoms. The molecule has 0 radical (unpaired) electrons. The summed E-state index contributed by atoms with van der Waals surface area (Å²) in [5.41, 5.74) is -3.00. The molecular weight excluding hydrogens is 326 g/mol. The molecule has 1 aromatic heterocycles. The summed E-state index contributed by atoms with van der Waals surface area (Å²) < 4.78 is 0. The summed E-state index contributed by atoms with van der Waals surface area (Å²) in [7, 11) is 1.85. The van der Waals surface area contributed by atoms with Gasteiger partial charge in [0.15, 0.2) is 0 Å². The van der Waals surface area contributed by atoms with Gasteiger partial charge >= 0.3 is 11.4 Å². The third kappa shape index (κ3) is 4.59. The van der Waals surface area contributed by atoms with Crippen molar-refractivity contribution in [3.63, 3.8) is 0 Å². The standard InChI is InChI=1S/C6H3N3O7.C6H8N2/c10-6-4(8(13)14)1-3(7(11)12)2-5(6)9(15)16;1-7-6-4-2-3-5-8-6/h1-2,10H;2-5H,1H3,(H,7,8). The van der Waals surface area contributed by atoms with E-state index in [-0.39, 0.29) is 0 Å². The lowest BCUT2D eigenvalue weighted by atomic mass is 10.2. The van der Waals surface area contributed by atoms with E-state index in [1.807, 2.05) is 25.2 Å². The van der Waals surface area contributed by atoms with Crippen molar-refractivity contribution in [3.05, 3.63) is 66.9 Å². The van der Waals surface area contributed by atoms with E-state index in [0.717, 1.165) is 5.82 Å². The molecule has 0 aliphatic heterocycles. The molecule has 0 saturated heterocycles. The van der Waals surface area contributed by atoms with Crippen molar-refractivity contribution >= 4 is 22.9 Å². The second kappa shape index (κ2) is 7.98. The first-order chi connectivity index (χ1) is 11.3. The topological polar surface area (TPSA) is 175 Å². The maximum absolute atomic E-state index is 10.4. The van der Waals surface area contributed by atoms with Crippen LogP contribution in [0.25, 0.3) is 0 Å². The number of nitrogens with zero attached hydrogens (tertiary/aromatic N) is 4. The van der Waals surface area contributed by atoms with Crippen LogP contribution in [0.2, 0.25) is 0 Å². The van der Waals surface area contributed by atoms with E-state index < -0.39 is 37.6 Å². The summed E-state index contributed by atoms with van der Waals surface area (Å²) in [6.07, 6.45) is 1.76. The Hall–Kier alpha value is -3.83. The smallest absolute Gasteiger partial charge is 0.324 e. The van der Waals surface area contributed by atoms with Crippen molar-refractivity contribution in [3.8, 4) is 5.75 Å². The first-order valence-corrected chi connectivity index (χ1v) is 6.17. The van der Waals surface area contributed by atoms with Gasteiger partial charge in [-0.25, -0.2) is 4.98 Å². The van der Waals surface area contributed by atoms with E-state index in [2.05, 4.69) is 10.3 Å². The number of nitro benzene ring substituents is 3. The molecule has 0 atom stereocenters. The second-order valence-corrected chi connectivity index (χ2v) is 4.07. The number of hydrogen-bond donors (Lipinski definition) is 2. The van der Waals surface area contributed by atoms with Crippen molar-refractivity contribution in [2.45, 2.75) is 0 Å². The van der Waals surface area contributed by atoms with Crippen LogP contribution in [0.3, 0.4) is 0 Å². The molecule has 0 spiro atoms. The zero-order valence-corrected chi connectivity index (χ0v) is 12.1. The van der Waals surface area contributed by atoms with Gasteiger partial charge in [0.2, 0.25) is 0 Å². The fourth-order valence-corrected chi connectivity index (χ4v) is 1.48. The molecule has 0 aliphatic carbocycles. The number of aromatic hydroxyl groups is 1. The molecule has 0 fully saturated rings. The molecule has 126 valence electrons. The van der Waals surface area contributed by atoms with E-state index in [1.165, 1.54) is 0 Å². The number of phenols is 1. The number of anilines is 1. The largest absolute Gasteiger partial charge is 0.497 e. The fourth-order valence-electron chi connectivity index (χ4n) is 1.48. The van der Waals surface area contributed by atoms with Crippen LogP contribution in [0.4, 0.5) is 22.9 Å². The summed E-state index contributed by atoms with van der Waals surface area (Å²) in [5.74, 6) is -0.298. The molecule has 1 aromatic carbocycles. The lowest BCUT2D eigenvalue weighted by Gasteiger charge is -1.97. The summed E-state index contributed by atoms with van der Waals surface area (Å²) in [6.45, 7) is 0. The third-order valence-electron chi connectivity index (χ3n) is 2.58. The minimum atomic E-state index is -1.21. The predicted octanol–water partition coefficient (Wildman–Crippen LogP) is 2.24. The molecule has 0 aliphatic rings. The minimum Gasteiger partial charge on any atom is -0.497 e. The molecule has 2 N–H and O–H groups in total. The van der Waals surface area contributed by atoms with Gasteiger partial charge in [-0.15, -0.1) is 0 Å². The lowest BCUT2D eigenvalue weighted by Crippen LogP contribution is -1.97. The first-order valence-electron chi connectivity index (χ1n) is 6.17. The van der Waals surface area contributed by atoms with E-state index in [4.69, 9.17) is 5.11 Å².